The molecule has 2 atom stereocenters. The summed E-state index contributed by atoms with van der Waals surface area (Å²) in [5.74, 6) is 0.604. The molecule has 1 nitrogen and oxygen atoms in total. The number of hydrogen-bond donors (Lipinski definition) is 0. The van der Waals surface area contributed by atoms with Crippen LogP contribution in [0.4, 0.5) is 0 Å². The van der Waals surface area contributed by atoms with Gasteiger partial charge in [-0.1, -0.05) is 42.5 Å². The van der Waals surface area contributed by atoms with E-state index in [1.165, 1.54) is 12.1 Å². The molecule has 0 aromatic carbocycles. The molecule has 0 saturated carbocycles. The molecule has 0 fully saturated rings. The van der Waals surface area contributed by atoms with E-state index in [2.05, 4.69) is 53.6 Å². The number of aromatic nitrogens is 1. The molecule has 66 valence electrons. The Morgan fingerprint density at radius 1 is 1.50 bits per heavy atom. The third-order valence-corrected chi connectivity index (χ3v) is 2.93. The van der Waals surface area contributed by atoms with Crippen LogP contribution in [0.2, 0.25) is 0 Å². The molecule has 0 aliphatic carbocycles. The Balaban J connectivity index is 2.80. The summed E-state index contributed by atoms with van der Waals surface area (Å²) in [6, 6.07) is 6.14. The third kappa shape index (κ3) is 2.44. The lowest BCUT2D eigenvalue weighted by Gasteiger charge is -2.16. The summed E-state index contributed by atoms with van der Waals surface area (Å²) in [7, 11) is 0. The summed E-state index contributed by atoms with van der Waals surface area (Å²) in [5.41, 5.74) is 1.22. The first-order valence-corrected chi connectivity index (χ1v) is 5.55. The molecule has 0 radical (unpaired) electrons. The lowest BCUT2D eigenvalue weighted by Crippen LogP contribution is -2.08. The van der Waals surface area contributed by atoms with Crippen LogP contribution in [0.25, 0.3) is 0 Å². The van der Waals surface area contributed by atoms with Crippen molar-refractivity contribution < 1.29 is 0 Å². The van der Waals surface area contributed by atoms with Gasteiger partial charge in [0, 0.05) is 21.7 Å². The normalized spacial score (nSPS) is 15.6. The average molecular weight is 275 g/mol. The van der Waals surface area contributed by atoms with E-state index in [-0.39, 0.29) is 0 Å². The average Bonchev–Trinajstić information content (AvgIpc) is 2.07. The van der Waals surface area contributed by atoms with Gasteiger partial charge in [-0.15, -0.1) is 0 Å². The monoisotopic (exact) mass is 275 g/mol. The first kappa shape index (κ1) is 9.96. The molecule has 0 spiro atoms. The van der Waals surface area contributed by atoms with Gasteiger partial charge in [-0.05, 0) is 18.6 Å². The number of alkyl halides is 1. The van der Waals surface area contributed by atoms with Crippen LogP contribution in [0.1, 0.15) is 31.9 Å². The highest BCUT2D eigenvalue weighted by atomic mass is 127. The zero-order valence-electron chi connectivity index (χ0n) is 7.50. The van der Waals surface area contributed by atoms with Crippen molar-refractivity contribution in [1.29, 1.82) is 0 Å². The minimum atomic E-state index is 0.604. The molecular weight excluding hydrogens is 261 g/mol. The summed E-state index contributed by atoms with van der Waals surface area (Å²) < 4.78 is 0.655. The van der Waals surface area contributed by atoms with Gasteiger partial charge < -0.3 is 0 Å². The minimum Gasteiger partial charge on any atom is -0.261 e. The number of hydrogen-bond acceptors (Lipinski definition) is 1. The Hall–Kier alpha value is -0.120. The van der Waals surface area contributed by atoms with Crippen LogP contribution in [0.5, 0.6) is 0 Å². The molecule has 0 aliphatic heterocycles. The smallest absolute Gasteiger partial charge is 0.0444 e. The van der Waals surface area contributed by atoms with Gasteiger partial charge in [0.25, 0.3) is 0 Å². The van der Waals surface area contributed by atoms with Crippen LogP contribution in [0, 0.1) is 0 Å². The van der Waals surface area contributed by atoms with Gasteiger partial charge in [0.05, 0.1) is 0 Å². The molecule has 0 saturated heterocycles. The van der Waals surface area contributed by atoms with E-state index in [1.807, 2.05) is 12.3 Å². The summed E-state index contributed by atoms with van der Waals surface area (Å²) in [5, 5.41) is 0. The fourth-order valence-electron chi connectivity index (χ4n) is 1.36. The van der Waals surface area contributed by atoms with Gasteiger partial charge in [-0.25, -0.2) is 0 Å². The summed E-state index contributed by atoms with van der Waals surface area (Å²) in [6.45, 7) is 4.46. The van der Waals surface area contributed by atoms with Crippen molar-refractivity contribution in [2.24, 2.45) is 0 Å². The highest BCUT2D eigenvalue weighted by Crippen LogP contribution is 2.26. The van der Waals surface area contributed by atoms with Gasteiger partial charge >= 0.3 is 0 Å². The first-order valence-electron chi connectivity index (χ1n) is 4.30. The van der Waals surface area contributed by atoms with E-state index < -0.39 is 0 Å². The van der Waals surface area contributed by atoms with Crippen LogP contribution in [0.3, 0.4) is 0 Å². The van der Waals surface area contributed by atoms with Crippen LogP contribution < -0.4 is 0 Å². The van der Waals surface area contributed by atoms with Crippen LogP contribution in [-0.4, -0.2) is 8.91 Å². The Labute approximate surface area is 87.7 Å². The van der Waals surface area contributed by atoms with Crippen molar-refractivity contribution in [3.8, 4) is 0 Å². The van der Waals surface area contributed by atoms with Crippen LogP contribution in [-0.2, 0) is 0 Å². The van der Waals surface area contributed by atoms with Crippen molar-refractivity contribution in [2.75, 3.05) is 0 Å². The first-order chi connectivity index (χ1) is 5.75. The van der Waals surface area contributed by atoms with E-state index in [0.29, 0.717) is 9.84 Å². The number of halogens is 1. The molecule has 1 heterocycles. The highest BCUT2D eigenvalue weighted by Gasteiger charge is 2.14. The summed E-state index contributed by atoms with van der Waals surface area (Å²) in [6.07, 6.45) is 3.04. The Kier molecular flexibility index (Phi) is 3.98. The maximum atomic E-state index is 4.37. The van der Waals surface area contributed by atoms with Gasteiger partial charge in [-0.2, -0.15) is 0 Å². The number of nitrogens with zero attached hydrogens (tertiary/aromatic N) is 1. The Morgan fingerprint density at radius 2 is 2.25 bits per heavy atom. The van der Waals surface area contributed by atoms with E-state index in [0.717, 1.165) is 0 Å². The fourth-order valence-corrected chi connectivity index (χ4v) is 2.24. The molecule has 1 aromatic heterocycles. The lowest BCUT2D eigenvalue weighted by molar-refractivity contribution is 0.651. The van der Waals surface area contributed by atoms with Gasteiger partial charge in [0.1, 0.15) is 0 Å². The Bertz CT molecular complexity index is 221. The minimum absolute atomic E-state index is 0.604. The number of pyridine rings is 1. The fraction of sp³-hybridized carbons (Fsp3) is 0.500. The summed E-state index contributed by atoms with van der Waals surface area (Å²) in [4.78, 5) is 4.37. The largest absolute Gasteiger partial charge is 0.261 e. The molecule has 0 N–H and O–H groups in total. The second-order valence-corrected chi connectivity index (χ2v) is 4.91. The molecule has 2 heteroatoms. The third-order valence-electron chi connectivity index (χ3n) is 2.06. The molecular formula is C10H14IN. The van der Waals surface area contributed by atoms with Crippen molar-refractivity contribution >= 4 is 22.6 Å². The zero-order valence-corrected chi connectivity index (χ0v) is 9.65. The predicted octanol–water partition coefficient (Wildman–Crippen LogP) is 3.40. The van der Waals surface area contributed by atoms with Crippen molar-refractivity contribution in [2.45, 2.75) is 30.1 Å². The van der Waals surface area contributed by atoms with Crippen LogP contribution in [0.15, 0.2) is 24.4 Å². The second kappa shape index (κ2) is 4.80. The van der Waals surface area contributed by atoms with Crippen molar-refractivity contribution in [1.82, 2.24) is 4.98 Å². The molecule has 1 rings (SSSR count). The lowest BCUT2D eigenvalue weighted by atomic mass is 9.99. The van der Waals surface area contributed by atoms with Gasteiger partial charge in [-0.3, -0.25) is 4.98 Å². The van der Waals surface area contributed by atoms with Gasteiger partial charge in [0.2, 0.25) is 0 Å². The maximum absolute atomic E-state index is 4.37. The SMILES string of the molecule is CCC(c1ccccn1)C(C)I. The zero-order chi connectivity index (χ0) is 8.97. The Morgan fingerprint density at radius 3 is 2.67 bits per heavy atom. The highest BCUT2D eigenvalue weighted by molar-refractivity contribution is 14.1. The van der Waals surface area contributed by atoms with Crippen molar-refractivity contribution in [3.63, 3.8) is 0 Å². The maximum Gasteiger partial charge on any atom is 0.0444 e. The second-order valence-electron chi connectivity index (χ2n) is 2.95. The number of rotatable bonds is 3. The van der Waals surface area contributed by atoms with Crippen LogP contribution >= 0.6 is 22.6 Å². The standard InChI is InChI=1S/C10H14IN/c1-3-9(8(2)11)10-6-4-5-7-12-10/h4-9H,3H2,1-2H3. The molecule has 0 amide bonds. The molecule has 12 heavy (non-hydrogen) atoms. The predicted molar refractivity (Wildman–Crippen MR) is 60.8 cm³/mol. The van der Waals surface area contributed by atoms with Crippen molar-refractivity contribution in [3.05, 3.63) is 30.1 Å². The quantitative estimate of drug-likeness (QED) is 0.608. The van der Waals surface area contributed by atoms with E-state index in [4.69, 9.17) is 0 Å². The molecule has 1 aromatic rings. The summed E-state index contributed by atoms with van der Waals surface area (Å²) >= 11 is 2.47. The molecule has 0 bridgehead atoms. The molecule has 0 aliphatic rings. The van der Waals surface area contributed by atoms with Gasteiger partial charge in [0.15, 0.2) is 0 Å². The van der Waals surface area contributed by atoms with E-state index in [9.17, 15) is 0 Å². The van der Waals surface area contributed by atoms with E-state index >= 15 is 0 Å². The molecule has 2 unspecified atom stereocenters. The topological polar surface area (TPSA) is 12.9 Å². The van der Waals surface area contributed by atoms with E-state index in [1.54, 1.807) is 0 Å².